The molecule has 0 atom stereocenters. The second-order valence-corrected chi connectivity index (χ2v) is 4.38. The second-order valence-electron chi connectivity index (χ2n) is 3.95. The third kappa shape index (κ3) is 2.92. The highest BCUT2D eigenvalue weighted by atomic mass is 35.5. The van der Waals surface area contributed by atoms with Gasteiger partial charge < -0.3 is 9.84 Å². The van der Waals surface area contributed by atoms with E-state index in [4.69, 9.17) is 16.1 Å². The Morgan fingerprint density at radius 2 is 2.00 bits per heavy atom. The maximum Gasteiger partial charge on any atom is 0.246 e. The van der Waals surface area contributed by atoms with Gasteiger partial charge in [0.25, 0.3) is 0 Å². The smallest absolute Gasteiger partial charge is 0.246 e. The van der Waals surface area contributed by atoms with Gasteiger partial charge in [-0.3, -0.25) is 0 Å². The fourth-order valence-electron chi connectivity index (χ4n) is 1.62. The van der Waals surface area contributed by atoms with Crippen molar-refractivity contribution in [3.05, 3.63) is 53.6 Å². The van der Waals surface area contributed by atoms with E-state index in [0.29, 0.717) is 29.2 Å². The van der Waals surface area contributed by atoms with Crippen LogP contribution in [-0.2, 0) is 6.54 Å². The average molecular weight is 288 g/mol. The summed E-state index contributed by atoms with van der Waals surface area (Å²) in [6.45, 7) is 0.359. The normalized spacial score (nSPS) is 10.4. The molecule has 6 nitrogen and oxygen atoms in total. The van der Waals surface area contributed by atoms with Crippen LogP contribution in [0, 0.1) is 0 Å². The molecule has 2 aromatic heterocycles. The molecule has 1 N–H and O–H groups in total. The minimum absolute atomic E-state index is 0.359. The lowest BCUT2D eigenvalue weighted by Crippen LogP contribution is -2.02. The Morgan fingerprint density at radius 3 is 2.80 bits per heavy atom. The lowest BCUT2D eigenvalue weighted by molar-refractivity contribution is 0.384. The van der Waals surface area contributed by atoms with Crippen LogP contribution in [0.2, 0.25) is 5.02 Å². The Balaban J connectivity index is 1.71. The van der Waals surface area contributed by atoms with Gasteiger partial charge in [0.15, 0.2) is 0 Å². The molecule has 0 amide bonds. The van der Waals surface area contributed by atoms with Crippen molar-refractivity contribution < 1.29 is 4.52 Å². The van der Waals surface area contributed by atoms with Gasteiger partial charge in [-0.15, -0.1) is 0 Å². The summed E-state index contributed by atoms with van der Waals surface area (Å²) < 4.78 is 5.16. The summed E-state index contributed by atoms with van der Waals surface area (Å²) in [7, 11) is 0. The first kappa shape index (κ1) is 12.6. The van der Waals surface area contributed by atoms with Crippen LogP contribution < -0.4 is 5.32 Å². The van der Waals surface area contributed by atoms with Gasteiger partial charge in [-0.1, -0.05) is 28.9 Å². The van der Waals surface area contributed by atoms with E-state index in [9.17, 15) is 0 Å². The molecule has 0 saturated carbocycles. The first-order valence-corrected chi connectivity index (χ1v) is 6.28. The molecule has 20 heavy (non-hydrogen) atoms. The van der Waals surface area contributed by atoms with Crippen molar-refractivity contribution >= 4 is 17.5 Å². The van der Waals surface area contributed by atoms with Crippen molar-refractivity contribution in [2.45, 2.75) is 6.54 Å². The minimum atomic E-state index is 0.359. The van der Waals surface area contributed by atoms with Gasteiger partial charge in [-0.25, -0.2) is 9.97 Å². The molecule has 1 aromatic carbocycles. The van der Waals surface area contributed by atoms with Crippen molar-refractivity contribution in [2.24, 2.45) is 0 Å². The zero-order valence-electron chi connectivity index (χ0n) is 10.3. The Kier molecular flexibility index (Phi) is 3.56. The molecular formula is C13H10ClN5O. The van der Waals surface area contributed by atoms with Crippen molar-refractivity contribution in [1.82, 2.24) is 20.1 Å². The van der Waals surface area contributed by atoms with E-state index in [2.05, 4.69) is 25.4 Å². The number of benzene rings is 1. The summed E-state index contributed by atoms with van der Waals surface area (Å²) in [5.74, 6) is 1.46. The molecule has 0 aliphatic heterocycles. The summed E-state index contributed by atoms with van der Waals surface area (Å²) in [6.07, 6.45) is 3.31. The van der Waals surface area contributed by atoms with Gasteiger partial charge in [0.05, 0.1) is 6.54 Å². The molecule has 0 spiro atoms. The third-order valence-electron chi connectivity index (χ3n) is 2.51. The fraction of sp³-hybridized carbons (Fsp3) is 0.0769. The highest BCUT2D eigenvalue weighted by molar-refractivity contribution is 6.30. The SMILES string of the molecule is Clc1cccc(-c2noc(CNc3ncccn3)n2)c1. The number of nitrogens with zero attached hydrogens (tertiary/aromatic N) is 4. The number of rotatable bonds is 4. The quantitative estimate of drug-likeness (QED) is 0.795. The number of hydrogen-bond acceptors (Lipinski definition) is 6. The topological polar surface area (TPSA) is 76.7 Å². The van der Waals surface area contributed by atoms with E-state index in [-0.39, 0.29) is 0 Å². The van der Waals surface area contributed by atoms with Gasteiger partial charge in [0.1, 0.15) is 0 Å². The van der Waals surface area contributed by atoms with Crippen LogP contribution in [0.15, 0.2) is 47.2 Å². The van der Waals surface area contributed by atoms with Gasteiger partial charge >= 0.3 is 0 Å². The highest BCUT2D eigenvalue weighted by Gasteiger charge is 2.09. The van der Waals surface area contributed by atoms with Crippen LogP contribution in [0.4, 0.5) is 5.95 Å². The van der Waals surface area contributed by atoms with Gasteiger partial charge in [0.2, 0.25) is 17.7 Å². The van der Waals surface area contributed by atoms with Gasteiger partial charge in [-0.05, 0) is 18.2 Å². The molecule has 0 saturated heterocycles. The van der Waals surface area contributed by atoms with E-state index in [1.54, 1.807) is 30.6 Å². The van der Waals surface area contributed by atoms with Crippen LogP contribution >= 0.6 is 11.6 Å². The van der Waals surface area contributed by atoms with Gasteiger partial charge in [0, 0.05) is 23.0 Å². The standard InChI is InChI=1S/C13H10ClN5O/c14-10-4-1-3-9(7-10)12-18-11(20-19-12)8-17-13-15-5-2-6-16-13/h1-7H,8H2,(H,15,16,17). The number of hydrogen-bond donors (Lipinski definition) is 1. The lowest BCUT2D eigenvalue weighted by atomic mass is 10.2. The minimum Gasteiger partial charge on any atom is -0.345 e. The molecule has 3 rings (SSSR count). The van der Waals surface area contributed by atoms with Crippen molar-refractivity contribution in [1.29, 1.82) is 0 Å². The molecule has 100 valence electrons. The van der Waals surface area contributed by atoms with E-state index < -0.39 is 0 Å². The molecule has 7 heteroatoms. The molecule has 0 fully saturated rings. The summed E-state index contributed by atoms with van der Waals surface area (Å²) in [5, 5.41) is 7.54. The van der Waals surface area contributed by atoms with Gasteiger partial charge in [-0.2, -0.15) is 4.98 Å². The van der Waals surface area contributed by atoms with E-state index in [1.807, 2.05) is 12.1 Å². The monoisotopic (exact) mass is 287 g/mol. The molecule has 0 aliphatic carbocycles. The molecule has 0 bridgehead atoms. The molecule has 0 radical (unpaired) electrons. The highest BCUT2D eigenvalue weighted by Crippen LogP contribution is 2.19. The predicted molar refractivity (Wildman–Crippen MR) is 74.1 cm³/mol. The Hall–Kier alpha value is -2.47. The van der Waals surface area contributed by atoms with E-state index in [1.165, 1.54) is 0 Å². The summed E-state index contributed by atoms with van der Waals surface area (Å²) >= 11 is 5.93. The maximum absolute atomic E-state index is 5.93. The van der Waals surface area contributed by atoms with Crippen molar-refractivity contribution in [3.63, 3.8) is 0 Å². The maximum atomic E-state index is 5.93. The van der Waals surface area contributed by atoms with Crippen LogP contribution in [0.3, 0.4) is 0 Å². The van der Waals surface area contributed by atoms with Crippen molar-refractivity contribution in [3.8, 4) is 11.4 Å². The second kappa shape index (κ2) is 5.66. The number of aromatic nitrogens is 4. The third-order valence-corrected chi connectivity index (χ3v) is 2.75. The number of nitrogens with one attached hydrogen (secondary N) is 1. The predicted octanol–water partition coefficient (Wildman–Crippen LogP) is 2.79. The summed E-state index contributed by atoms with van der Waals surface area (Å²) in [4.78, 5) is 12.4. The number of anilines is 1. The number of halogens is 1. The largest absolute Gasteiger partial charge is 0.345 e. The Labute approximate surface area is 119 Å². The molecule has 3 aromatic rings. The zero-order chi connectivity index (χ0) is 13.8. The summed E-state index contributed by atoms with van der Waals surface area (Å²) in [5.41, 5.74) is 0.809. The van der Waals surface area contributed by atoms with Crippen LogP contribution in [-0.4, -0.2) is 20.1 Å². The lowest BCUT2D eigenvalue weighted by Gasteiger charge is -1.98. The average Bonchev–Trinajstić information content (AvgIpc) is 2.95. The molecular weight excluding hydrogens is 278 g/mol. The van der Waals surface area contributed by atoms with Crippen molar-refractivity contribution in [2.75, 3.05) is 5.32 Å². The Bertz CT molecular complexity index is 701. The Morgan fingerprint density at radius 1 is 1.15 bits per heavy atom. The summed E-state index contributed by atoms with van der Waals surface area (Å²) in [6, 6.07) is 9.03. The first-order valence-electron chi connectivity index (χ1n) is 5.91. The molecule has 2 heterocycles. The molecule has 0 aliphatic rings. The van der Waals surface area contributed by atoms with Crippen LogP contribution in [0.5, 0.6) is 0 Å². The van der Waals surface area contributed by atoms with Crippen LogP contribution in [0.1, 0.15) is 5.89 Å². The van der Waals surface area contributed by atoms with Crippen LogP contribution in [0.25, 0.3) is 11.4 Å². The first-order chi connectivity index (χ1) is 9.81. The fourth-order valence-corrected chi connectivity index (χ4v) is 1.81. The van der Waals surface area contributed by atoms with E-state index in [0.717, 1.165) is 5.56 Å². The zero-order valence-corrected chi connectivity index (χ0v) is 11.1. The molecule has 0 unspecified atom stereocenters. The van der Waals surface area contributed by atoms with E-state index >= 15 is 0 Å².